The van der Waals surface area contributed by atoms with E-state index in [0.717, 1.165) is 3.79 Å². The molecular weight excluding hydrogens is 404 g/mol. The van der Waals surface area contributed by atoms with Gasteiger partial charge < -0.3 is 14.8 Å². The highest BCUT2D eigenvalue weighted by Gasteiger charge is 2.18. The summed E-state index contributed by atoms with van der Waals surface area (Å²) in [6.07, 6.45) is 0. The first-order chi connectivity index (χ1) is 11.4. The lowest BCUT2D eigenvalue weighted by atomic mass is 10.2. The Labute approximate surface area is 148 Å². The second-order valence-corrected chi connectivity index (χ2v) is 6.83. The number of nitro benzene ring substituents is 1. The van der Waals surface area contributed by atoms with Gasteiger partial charge >= 0.3 is 5.97 Å². The van der Waals surface area contributed by atoms with Crippen LogP contribution in [0.3, 0.4) is 0 Å². The maximum Gasteiger partial charge on any atom is 0.348 e. The molecule has 0 fully saturated rings. The van der Waals surface area contributed by atoms with Crippen molar-refractivity contribution >= 4 is 50.5 Å². The molecule has 0 atom stereocenters. The van der Waals surface area contributed by atoms with Gasteiger partial charge in [0.2, 0.25) is 0 Å². The molecule has 0 bridgehead atoms. The zero-order valence-corrected chi connectivity index (χ0v) is 14.7. The maximum atomic E-state index is 11.8. The van der Waals surface area contributed by atoms with Crippen LogP contribution in [0.2, 0.25) is 0 Å². The number of ether oxygens (including phenoxy) is 2. The van der Waals surface area contributed by atoms with Crippen LogP contribution < -0.4 is 10.1 Å². The normalized spacial score (nSPS) is 10.1. The lowest BCUT2D eigenvalue weighted by Crippen LogP contribution is -2.21. The predicted molar refractivity (Wildman–Crippen MR) is 90.6 cm³/mol. The molecule has 1 heterocycles. The number of hydrogen-bond donors (Lipinski definition) is 1. The minimum atomic E-state index is -0.688. The second kappa shape index (κ2) is 7.88. The molecule has 1 aromatic carbocycles. The number of amides is 1. The number of hydrogen-bond acceptors (Lipinski definition) is 7. The van der Waals surface area contributed by atoms with Crippen LogP contribution >= 0.6 is 27.3 Å². The first-order valence-electron chi connectivity index (χ1n) is 6.45. The lowest BCUT2D eigenvalue weighted by Gasteiger charge is -2.08. The van der Waals surface area contributed by atoms with Gasteiger partial charge in [0.15, 0.2) is 6.61 Å². The van der Waals surface area contributed by atoms with Gasteiger partial charge in [-0.15, -0.1) is 11.3 Å². The summed E-state index contributed by atoms with van der Waals surface area (Å²) in [6, 6.07) is 7.24. The van der Waals surface area contributed by atoms with Gasteiger partial charge in [0.05, 0.1) is 21.9 Å². The van der Waals surface area contributed by atoms with E-state index in [-0.39, 0.29) is 17.1 Å². The van der Waals surface area contributed by atoms with E-state index in [2.05, 4.69) is 21.2 Å². The third-order valence-corrected chi connectivity index (χ3v) is 4.39. The first kappa shape index (κ1) is 17.9. The average molecular weight is 415 g/mol. The van der Waals surface area contributed by atoms with Gasteiger partial charge in [0.25, 0.3) is 11.6 Å². The van der Waals surface area contributed by atoms with Crippen molar-refractivity contribution in [3.05, 3.63) is 49.1 Å². The smallest absolute Gasteiger partial charge is 0.348 e. The number of esters is 1. The summed E-state index contributed by atoms with van der Waals surface area (Å²) < 4.78 is 10.5. The van der Waals surface area contributed by atoms with Crippen molar-refractivity contribution in [1.82, 2.24) is 0 Å². The first-order valence-corrected chi connectivity index (χ1v) is 8.06. The van der Waals surface area contributed by atoms with Gasteiger partial charge in [-0.05, 0) is 40.2 Å². The average Bonchev–Trinajstić information content (AvgIpc) is 2.99. The Hall–Kier alpha value is -2.46. The van der Waals surface area contributed by atoms with E-state index >= 15 is 0 Å². The van der Waals surface area contributed by atoms with Crippen molar-refractivity contribution in [1.29, 1.82) is 0 Å². The number of anilines is 1. The number of halogens is 1. The summed E-state index contributed by atoms with van der Waals surface area (Å²) in [5.41, 5.74) is -0.336. The van der Waals surface area contributed by atoms with Crippen LogP contribution in [0.4, 0.5) is 11.4 Å². The highest BCUT2D eigenvalue weighted by Crippen LogP contribution is 2.29. The molecule has 8 nitrogen and oxygen atoms in total. The van der Waals surface area contributed by atoms with Crippen LogP contribution in [0.1, 0.15) is 9.67 Å². The van der Waals surface area contributed by atoms with Crippen molar-refractivity contribution in [2.24, 2.45) is 0 Å². The Morgan fingerprint density at radius 2 is 2.08 bits per heavy atom. The van der Waals surface area contributed by atoms with Gasteiger partial charge in [-0.25, -0.2) is 4.79 Å². The number of thiophene rings is 1. The van der Waals surface area contributed by atoms with E-state index in [9.17, 15) is 19.7 Å². The Morgan fingerprint density at radius 3 is 2.67 bits per heavy atom. The Bertz CT molecular complexity index is 791. The number of rotatable bonds is 6. The molecule has 0 saturated heterocycles. The van der Waals surface area contributed by atoms with E-state index < -0.39 is 23.4 Å². The highest BCUT2D eigenvalue weighted by molar-refractivity contribution is 9.11. The van der Waals surface area contributed by atoms with Gasteiger partial charge in [0, 0.05) is 0 Å². The van der Waals surface area contributed by atoms with Crippen molar-refractivity contribution in [3.8, 4) is 5.75 Å². The molecule has 0 unspecified atom stereocenters. The minimum Gasteiger partial charge on any atom is -0.496 e. The fourth-order valence-electron chi connectivity index (χ4n) is 1.71. The molecule has 1 aromatic heterocycles. The zero-order valence-electron chi connectivity index (χ0n) is 12.3. The Balaban J connectivity index is 1.99. The topological polar surface area (TPSA) is 108 Å². The number of nitrogens with one attached hydrogen (secondary N) is 1. The molecule has 24 heavy (non-hydrogen) atoms. The van der Waals surface area contributed by atoms with Crippen LogP contribution in [-0.4, -0.2) is 30.5 Å². The van der Waals surface area contributed by atoms with Gasteiger partial charge in [-0.2, -0.15) is 0 Å². The molecule has 0 aliphatic carbocycles. The largest absolute Gasteiger partial charge is 0.496 e. The molecule has 0 aliphatic rings. The van der Waals surface area contributed by atoms with Gasteiger partial charge in [-0.1, -0.05) is 0 Å². The van der Waals surface area contributed by atoms with Crippen LogP contribution in [0.5, 0.6) is 5.75 Å². The predicted octanol–water partition coefficient (Wildman–Crippen LogP) is 3.22. The van der Waals surface area contributed by atoms with Crippen molar-refractivity contribution in [2.45, 2.75) is 0 Å². The summed E-state index contributed by atoms with van der Waals surface area (Å²) in [5, 5.41) is 13.4. The Kier molecular flexibility index (Phi) is 5.88. The van der Waals surface area contributed by atoms with Crippen LogP contribution in [-0.2, 0) is 9.53 Å². The van der Waals surface area contributed by atoms with Gasteiger partial charge in [0.1, 0.15) is 16.3 Å². The summed E-state index contributed by atoms with van der Waals surface area (Å²) in [6.45, 7) is -0.558. The molecule has 1 amide bonds. The fraction of sp³-hybridized carbons (Fsp3) is 0.143. The molecule has 2 aromatic rings. The van der Waals surface area contributed by atoms with E-state index in [1.165, 1.54) is 36.6 Å². The molecule has 1 N–H and O–H groups in total. The second-order valence-electron chi connectivity index (χ2n) is 4.37. The summed E-state index contributed by atoms with van der Waals surface area (Å²) in [5.74, 6) is -1.05. The van der Waals surface area contributed by atoms with Crippen LogP contribution in [0, 0.1) is 10.1 Å². The Morgan fingerprint density at radius 1 is 1.33 bits per heavy atom. The van der Waals surface area contributed by atoms with Crippen molar-refractivity contribution in [3.63, 3.8) is 0 Å². The van der Waals surface area contributed by atoms with Crippen LogP contribution in [0.15, 0.2) is 34.1 Å². The molecule has 2 rings (SSSR count). The maximum absolute atomic E-state index is 11.8. The molecule has 126 valence electrons. The monoisotopic (exact) mass is 414 g/mol. The molecule has 0 aliphatic heterocycles. The number of carbonyl (C=O) groups excluding carboxylic acids is 2. The number of benzene rings is 1. The zero-order chi connectivity index (χ0) is 17.7. The third-order valence-electron chi connectivity index (χ3n) is 2.78. The molecule has 10 heteroatoms. The molecule has 0 spiro atoms. The minimum absolute atomic E-state index is 0.0132. The van der Waals surface area contributed by atoms with E-state index in [4.69, 9.17) is 9.47 Å². The van der Waals surface area contributed by atoms with E-state index in [0.29, 0.717) is 4.88 Å². The highest BCUT2D eigenvalue weighted by atomic mass is 79.9. The number of nitrogens with zero attached hydrogens (tertiary/aromatic N) is 1. The fourth-order valence-corrected chi connectivity index (χ4v) is 2.99. The molecular formula is C14H11BrN2O6S. The van der Waals surface area contributed by atoms with E-state index in [1.54, 1.807) is 12.1 Å². The van der Waals surface area contributed by atoms with Crippen molar-refractivity contribution < 1.29 is 24.0 Å². The number of carbonyl (C=O) groups is 2. The number of nitro groups is 1. The molecule has 0 saturated carbocycles. The standard InChI is InChI=1S/C14H11BrN2O6S/c1-22-8-2-3-9(10(6-8)17(20)21)16-13(18)7-23-14(19)11-4-5-12(15)24-11/h2-6H,7H2,1H3,(H,16,18). The molecule has 0 radical (unpaired) electrons. The van der Waals surface area contributed by atoms with Crippen molar-refractivity contribution in [2.75, 3.05) is 19.0 Å². The summed E-state index contributed by atoms with van der Waals surface area (Å²) >= 11 is 4.38. The number of methoxy groups -OCH3 is 1. The SMILES string of the molecule is COc1ccc(NC(=O)COC(=O)c2ccc(Br)s2)c([N+](=O)[O-])c1. The van der Waals surface area contributed by atoms with Gasteiger partial charge in [-0.3, -0.25) is 14.9 Å². The third kappa shape index (κ3) is 4.52. The lowest BCUT2D eigenvalue weighted by molar-refractivity contribution is -0.384. The van der Waals surface area contributed by atoms with E-state index in [1.807, 2.05) is 0 Å². The quantitative estimate of drug-likeness (QED) is 0.441. The summed E-state index contributed by atoms with van der Waals surface area (Å²) in [4.78, 5) is 34.3. The summed E-state index contributed by atoms with van der Waals surface area (Å²) in [7, 11) is 1.37. The van der Waals surface area contributed by atoms with Crippen LogP contribution in [0.25, 0.3) is 0 Å².